The molecule has 0 fully saturated rings. The van der Waals surface area contributed by atoms with Crippen LogP contribution < -0.4 is 10.1 Å². The summed E-state index contributed by atoms with van der Waals surface area (Å²) in [5.41, 5.74) is 2.04. The number of anilines is 1. The number of nitrogens with zero attached hydrogens (tertiary/aromatic N) is 1. The molecule has 5 heteroatoms. The molecular weight excluding hydrogens is 242 g/mol. The Bertz CT molecular complexity index is 563. The number of benzene rings is 1. The summed E-state index contributed by atoms with van der Waals surface area (Å²) in [5.74, 6) is 1.21. The molecule has 1 amide bonds. The molecule has 1 aromatic carbocycles. The highest BCUT2D eigenvalue weighted by molar-refractivity contribution is 5.89. The number of aromatic amines is 1. The lowest BCUT2D eigenvalue weighted by Crippen LogP contribution is -2.15. The van der Waals surface area contributed by atoms with Crippen molar-refractivity contribution >= 4 is 11.7 Å². The first-order valence-electron chi connectivity index (χ1n) is 6.15. The maximum absolute atomic E-state index is 11.6. The van der Waals surface area contributed by atoms with Gasteiger partial charge in [-0.3, -0.25) is 9.89 Å². The summed E-state index contributed by atoms with van der Waals surface area (Å²) in [6, 6.07) is 9.52. The zero-order valence-corrected chi connectivity index (χ0v) is 11.1. The number of ether oxygens (including phenoxy) is 1. The van der Waals surface area contributed by atoms with Gasteiger partial charge in [0.25, 0.3) is 0 Å². The van der Waals surface area contributed by atoms with E-state index in [2.05, 4.69) is 15.5 Å². The molecule has 0 radical (unpaired) electrons. The number of carbonyl (C=O) groups excluding carboxylic acids is 1. The topological polar surface area (TPSA) is 67.0 Å². The second kappa shape index (κ2) is 6.04. The van der Waals surface area contributed by atoms with Crippen molar-refractivity contribution in [2.24, 2.45) is 0 Å². The molecule has 2 aromatic rings. The van der Waals surface area contributed by atoms with Crippen molar-refractivity contribution in [3.8, 4) is 5.75 Å². The number of aromatic nitrogens is 2. The maximum Gasteiger partial charge on any atom is 0.229 e. The van der Waals surface area contributed by atoms with Crippen molar-refractivity contribution in [1.82, 2.24) is 10.2 Å². The Hall–Kier alpha value is -2.30. The molecule has 1 aromatic heterocycles. The minimum Gasteiger partial charge on any atom is -0.493 e. The van der Waals surface area contributed by atoms with Crippen molar-refractivity contribution in [2.45, 2.75) is 20.3 Å². The fourth-order valence-corrected chi connectivity index (χ4v) is 1.65. The third-order valence-corrected chi connectivity index (χ3v) is 2.56. The third kappa shape index (κ3) is 4.13. The van der Waals surface area contributed by atoms with Crippen molar-refractivity contribution in [3.05, 3.63) is 41.6 Å². The Morgan fingerprint density at radius 3 is 2.89 bits per heavy atom. The Kier molecular flexibility index (Phi) is 4.18. The normalized spacial score (nSPS) is 10.2. The van der Waals surface area contributed by atoms with Gasteiger partial charge in [0.2, 0.25) is 5.91 Å². The van der Waals surface area contributed by atoms with Crippen LogP contribution in [0.15, 0.2) is 30.3 Å². The van der Waals surface area contributed by atoms with Gasteiger partial charge in [-0.2, -0.15) is 5.10 Å². The van der Waals surface area contributed by atoms with E-state index in [-0.39, 0.29) is 5.91 Å². The number of H-pyrrole nitrogens is 1. The minimum atomic E-state index is -0.112. The van der Waals surface area contributed by atoms with Crippen LogP contribution in [-0.2, 0) is 4.79 Å². The number of hydrogen-bond donors (Lipinski definition) is 2. The van der Waals surface area contributed by atoms with Gasteiger partial charge >= 0.3 is 0 Å². The SMILES string of the molecule is Cc1cccc(OCCC(=O)Nc2cc(C)[nH]n2)c1. The first kappa shape index (κ1) is 13.1. The fraction of sp³-hybridized carbons (Fsp3) is 0.286. The maximum atomic E-state index is 11.6. The highest BCUT2D eigenvalue weighted by Crippen LogP contribution is 2.12. The summed E-state index contributed by atoms with van der Waals surface area (Å²) < 4.78 is 5.51. The number of amides is 1. The van der Waals surface area contributed by atoms with Gasteiger partial charge in [-0.1, -0.05) is 12.1 Å². The predicted molar refractivity (Wildman–Crippen MR) is 73.2 cm³/mol. The van der Waals surface area contributed by atoms with Crippen LogP contribution in [0, 0.1) is 13.8 Å². The molecular formula is C14H17N3O2. The van der Waals surface area contributed by atoms with E-state index >= 15 is 0 Å². The van der Waals surface area contributed by atoms with Crippen molar-refractivity contribution < 1.29 is 9.53 Å². The molecule has 5 nitrogen and oxygen atoms in total. The molecule has 0 saturated carbocycles. The molecule has 1 heterocycles. The average Bonchev–Trinajstić information content (AvgIpc) is 2.75. The summed E-state index contributed by atoms with van der Waals surface area (Å²) in [5, 5.41) is 9.40. The van der Waals surface area contributed by atoms with E-state index in [1.165, 1.54) is 0 Å². The molecule has 0 unspecified atom stereocenters. The second-order valence-corrected chi connectivity index (χ2v) is 4.40. The van der Waals surface area contributed by atoms with Crippen LogP contribution in [-0.4, -0.2) is 22.7 Å². The Labute approximate surface area is 112 Å². The van der Waals surface area contributed by atoms with Gasteiger partial charge in [-0.15, -0.1) is 0 Å². The smallest absolute Gasteiger partial charge is 0.229 e. The highest BCUT2D eigenvalue weighted by Gasteiger charge is 2.05. The van der Waals surface area contributed by atoms with Gasteiger partial charge in [0.15, 0.2) is 5.82 Å². The Morgan fingerprint density at radius 1 is 1.37 bits per heavy atom. The fourth-order valence-electron chi connectivity index (χ4n) is 1.65. The summed E-state index contributed by atoms with van der Waals surface area (Å²) >= 11 is 0. The van der Waals surface area contributed by atoms with E-state index in [1.54, 1.807) is 6.07 Å². The van der Waals surface area contributed by atoms with E-state index in [4.69, 9.17) is 4.74 Å². The molecule has 0 spiro atoms. The van der Waals surface area contributed by atoms with Gasteiger partial charge in [-0.25, -0.2) is 0 Å². The number of rotatable bonds is 5. The summed E-state index contributed by atoms with van der Waals surface area (Å²) in [6.07, 6.45) is 0.292. The monoisotopic (exact) mass is 259 g/mol. The minimum absolute atomic E-state index is 0.112. The van der Waals surface area contributed by atoms with Crippen LogP contribution in [0.5, 0.6) is 5.75 Å². The van der Waals surface area contributed by atoms with Crippen LogP contribution in [0.25, 0.3) is 0 Å². The number of carbonyl (C=O) groups is 1. The van der Waals surface area contributed by atoms with E-state index in [0.717, 1.165) is 17.0 Å². The van der Waals surface area contributed by atoms with Gasteiger partial charge in [-0.05, 0) is 31.5 Å². The summed E-state index contributed by atoms with van der Waals surface area (Å²) in [4.78, 5) is 11.6. The van der Waals surface area contributed by atoms with E-state index in [1.807, 2.05) is 38.1 Å². The van der Waals surface area contributed by atoms with Crippen LogP contribution in [0.3, 0.4) is 0 Å². The summed E-state index contributed by atoms with van der Waals surface area (Å²) in [7, 11) is 0. The molecule has 0 saturated heterocycles. The van der Waals surface area contributed by atoms with Crippen molar-refractivity contribution in [1.29, 1.82) is 0 Å². The standard InChI is InChI=1S/C14H17N3O2/c1-10-4-3-5-12(8-10)19-7-6-14(18)15-13-9-11(2)16-17-13/h3-5,8-9H,6-7H2,1-2H3,(H2,15,16,17,18). The zero-order chi connectivity index (χ0) is 13.7. The largest absolute Gasteiger partial charge is 0.493 e. The van der Waals surface area contributed by atoms with Crippen LogP contribution in [0.2, 0.25) is 0 Å². The molecule has 100 valence electrons. The highest BCUT2D eigenvalue weighted by atomic mass is 16.5. The molecule has 2 rings (SSSR count). The van der Waals surface area contributed by atoms with Gasteiger partial charge < -0.3 is 10.1 Å². The van der Waals surface area contributed by atoms with Crippen molar-refractivity contribution in [2.75, 3.05) is 11.9 Å². The number of hydrogen-bond acceptors (Lipinski definition) is 3. The Balaban J connectivity index is 1.75. The lowest BCUT2D eigenvalue weighted by Gasteiger charge is -2.06. The molecule has 0 aliphatic rings. The zero-order valence-electron chi connectivity index (χ0n) is 11.1. The number of aryl methyl sites for hydroxylation is 2. The molecule has 2 N–H and O–H groups in total. The van der Waals surface area contributed by atoms with Gasteiger partial charge in [0.05, 0.1) is 13.0 Å². The molecule has 19 heavy (non-hydrogen) atoms. The average molecular weight is 259 g/mol. The van der Waals surface area contributed by atoms with Crippen LogP contribution in [0.4, 0.5) is 5.82 Å². The lowest BCUT2D eigenvalue weighted by molar-refractivity contribution is -0.116. The number of nitrogens with one attached hydrogen (secondary N) is 2. The van der Waals surface area contributed by atoms with E-state index in [9.17, 15) is 4.79 Å². The second-order valence-electron chi connectivity index (χ2n) is 4.40. The van der Waals surface area contributed by atoms with Crippen LogP contribution >= 0.6 is 0 Å². The summed E-state index contributed by atoms with van der Waals surface area (Å²) in [6.45, 7) is 4.22. The van der Waals surface area contributed by atoms with Crippen molar-refractivity contribution in [3.63, 3.8) is 0 Å². The third-order valence-electron chi connectivity index (χ3n) is 2.56. The lowest BCUT2D eigenvalue weighted by atomic mass is 10.2. The van der Waals surface area contributed by atoms with E-state index in [0.29, 0.717) is 18.8 Å². The van der Waals surface area contributed by atoms with Crippen LogP contribution in [0.1, 0.15) is 17.7 Å². The van der Waals surface area contributed by atoms with Gasteiger partial charge in [0.1, 0.15) is 5.75 Å². The molecule has 0 aliphatic carbocycles. The van der Waals surface area contributed by atoms with Gasteiger partial charge in [0, 0.05) is 11.8 Å². The molecule has 0 atom stereocenters. The predicted octanol–water partition coefficient (Wildman–Crippen LogP) is 2.43. The molecule has 0 aliphatic heterocycles. The van der Waals surface area contributed by atoms with E-state index < -0.39 is 0 Å². The first-order valence-corrected chi connectivity index (χ1v) is 6.15. The quantitative estimate of drug-likeness (QED) is 0.866. The Morgan fingerprint density at radius 2 is 2.21 bits per heavy atom. The first-order chi connectivity index (χ1) is 9.13. The molecule has 0 bridgehead atoms.